The quantitative estimate of drug-likeness (QED) is 0.246. The van der Waals surface area contributed by atoms with Gasteiger partial charge in [0.1, 0.15) is 0 Å². The van der Waals surface area contributed by atoms with E-state index >= 15 is 0 Å². The minimum atomic E-state index is -2.76. The molecule has 8 nitrogen and oxygen atoms in total. The topological polar surface area (TPSA) is 156 Å². The van der Waals surface area contributed by atoms with Crippen molar-refractivity contribution in [3.8, 4) is 0 Å². The third-order valence-electron chi connectivity index (χ3n) is 1.21. The van der Waals surface area contributed by atoms with Crippen LogP contribution in [-0.2, 0) is 14.3 Å². The molecule has 0 aromatic carbocycles. The second-order valence-electron chi connectivity index (χ2n) is 2.84. The van der Waals surface area contributed by atoms with Gasteiger partial charge in [0.05, 0.1) is 6.42 Å². The van der Waals surface area contributed by atoms with Gasteiger partial charge in [0.2, 0.25) is 5.72 Å². The van der Waals surface area contributed by atoms with E-state index in [1.54, 1.807) is 0 Å². The maximum atomic E-state index is 10.4. The van der Waals surface area contributed by atoms with Crippen LogP contribution in [0.1, 0.15) is 13.3 Å². The van der Waals surface area contributed by atoms with Crippen molar-refractivity contribution in [2.24, 2.45) is 11.5 Å². The smallest absolute Gasteiger partial charge is 0.351 e. The van der Waals surface area contributed by atoms with Crippen molar-refractivity contribution in [3.63, 3.8) is 0 Å². The highest BCUT2D eigenvalue weighted by Gasteiger charge is 2.41. The Morgan fingerprint density at radius 1 is 1.36 bits per heavy atom. The molecule has 8 heteroatoms. The zero-order valence-corrected chi connectivity index (χ0v) is 7.43. The van der Waals surface area contributed by atoms with E-state index in [4.69, 9.17) is 26.8 Å². The molecule has 0 aliphatic carbocycles. The van der Waals surface area contributed by atoms with E-state index in [9.17, 15) is 9.59 Å². The molecule has 0 heterocycles. The Kier molecular flexibility index (Phi) is 3.54. The van der Waals surface area contributed by atoms with Gasteiger partial charge >= 0.3 is 11.9 Å². The standard InChI is InChI=1S/C6H12N2O6/c1-3(9)14-6(8,13)2-5(7,12)4(10)11/h12-13H,2,7-8H2,1H3,(H,10,11). The van der Waals surface area contributed by atoms with Gasteiger partial charge in [-0.2, -0.15) is 0 Å². The zero-order valence-electron chi connectivity index (χ0n) is 7.43. The number of carboxylic acids is 1. The second kappa shape index (κ2) is 3.88. The Hall–Kier alpha value is -1.22. The van der Waals surface area contributed by atoms with Crippen molar-refractivity contribution in [1.29, 1.82) is 0 Å². The molecule has 0 saturated heterocycles. The molecule has 0 amide bonds. The van der Waals surface area contributed by atoms with Crippen molar-refractivity contribution in [2.45, 2.75) is 25.0 Å². The fourth-order valence-electron chi connectivity index (χ4n) is 0.747. The summed E-state index contributed by atoms with van der Waals surface area (Å²) in [5, 5.41) is 26.4. The van der Waals surface area contributed by atoms with E-state index in [0.29, 0.717) is 0 Å². The third kappa shape index (κ3) is 4.14. The number of aliphatic carboxylic acids is 1. The van der Waals surface area contributed by atoms with Gasteiger partial charge in [-0.05, 0) is 0 Å². The normalized spacial score (nSPS) is 19.2. The van der Waals surface area contributed by atoms with E-state index in [2.05, 4.69) is 4.74 Å². The minimum Gasteiger partial charge on any atom is -0.478 e. The van der Waals surface area contributed by atoms with Crippen LogP contribution in [0.25, 0.3) is 0 Å². The molecule has 0 radical (unpaired) electrons. The molecule has 0 fully saturated rings. The highest BCUT2D eigenvalue weighted by Crippen LogP contribution is 2.14. The number of hydrogen-bond acceptors (Lipinski definition) is 7. The number of esters is 1. The number of nitrogens with two attached hydrogens (primary N) is 2. The predicted octanol–water partition coefficient (Wildman–Crippen LogP) is -2.72. The molecule has 0 aromatic rings. The summed E-state index contributed by atoms with van der Waals surface area (Å²) in [6.07, 6.45) is -1.05. The fraction of sp³-hybridized carbons (Fsp3) is 0.667. The van der Waals surface area contributed by atoms with Gasteiger partial charge in [-0.15, -0.1) is 0 Å². The first-order valence-corrected chi connectivity index (χ1v) is 3.52. The Morgan fingerprint density at radius 3 is 2.07 bits per heavy atom. The molecule has 0 aliphatic rings. The second-order valence-corrected chi connectivity index (χ2v) is 2.84. The summed E-state index contributed by atoms with van der Waals surface area (Å²) in [6, 6.07) is 0. The molecule has 0 aliphatic heterocycles. The average Bonchev–Trinajstić information content (AvgIpc) is 1.79. The van der Waals surface area contributed by atoms with Crippen LogP contribution in [-0.4, -0.2) is 38.9 Å². The Morgan fingerprint density at radius 2 is 1.79 bits per heavy atom. The van der Waals surface area contributed by atoms with Gasteiger partial charge in [0, 0.05) is 6.92 Å². The highest BCUT2D eigenvalue weighted by molar-refractivity contribution is 5.76. The van der Waals surface area contributed by atoms with Crippen LogP contribution >= 0.6 is 0 Å². The van der Waals surface area contributed by atoms with Gasteiger partial charge in [-0.25, -0.2) is 4.79 Å². The number of ether oxygens (including phenoxy) is 1. The van der Waals surface area contributed by atoms with Crippen LogP contribution < -0.4 is 11.5 Å². The average molecular weight is 208 g/mol. The lowest BCUT2D eigenvalue weighted by Gasteiger charge is -2.28. The summed E-state index contributed by atoms with van der Waals surface area (Å²) in [6.45, 7) is 0.953. The van der Waals surface area contributed by atoms with Gasteiger partial charge in [-0.3, -0.25) is 16.3 Å². The van der Waals surface area contributed by atoms with Crippen molar-refractivity contribution in [1.82, 2.24) is 0 Å². The molecule has 82 valence electrons. The summed E-state index contributed by atoms with van der Waals surface area (Å²) in [4.78, 5) is 20.7. The first-order valence-electron chi connectivity index (χ1n) is 3.52. The van der Waals surface area contributed by atoms with Crippen LogP contribution in [0, 0.1) is 0 Å². The lowest BCUT2D eigenvalue weighted by molar-refractivity contribution is -0.227. The molecule has 7 N–H and O–H groups in total. The monoisotopic (exact) mass is 208 g/mol. The van der Waals surface area contributed by atoms with Gasteiger partial charge in [0.15, 0.2) is 0 Å². The number of carbonyl (C=O) groups excluding carboxylic acids is 1. The molecule has 2 unspecified atom stereocenters. The molecular weight excluding hydrogens is 196 g/mol. The summed E-state index contributed by atoms with van der Waals surface area (Å²) in [7, 11) is 0. The molecule has 0 bridgehead atoms. The summed E-state index contributed by atoms with van der Waals surface area (Å²) >= 11 is 0. The predicted molar refractivity (Wildman–Crippen MR) is 42.3 cm³/mol. The van der Waals surface area contributed by atoms with Crippen LogP contribution in [0.4, 0.5) is 0 Å². The van der Waals surface area contributed by atoms with Crippen molar-refractivity contribution in [2.75, 3.05) is 0 Å². The summed E-state index contributed by atoms with van der Waals surface area (Å²) in [5.74, 6) is -5.35. The van der Waals surface area contributed by atoms with Crippen molar-refractivity contribution < 1.29 is 29.6 Å². The first kappa shape index (κ1) is 12.8. The fourth-order valence-corrected chi connectivity index (χ4v) is 0.747. The Labute approximate surface area is 79.1 Å². The van der Waals surface area contributed by atoms with Gasteiger partial charge < -0.3 is 20.1 Å². The van der Waals surface area contributed by atoms with Crippen LogP contribution in [0.5, 0.6) is 0 Å². The van der Waals surface area contributed by atoms with E-state index in [1.165, 1.54) is 0 Å². The Balaban J connectivity index is 4.49. The Bertz CT molecular complexity index is 249. The number of carbonyl (C=O) groups is 2. The maximum Gasteiger partial charge on any atom is 0.351 e. The first-order chi connectivity index (χ1) is 6.07. The van der Waals surface area contributed by atoms with Crippen LogP contribution in [0.2, 0.25) is 0 Å². The van der Waals surface area contributed by atoms with Crippen molar-refractivity contribution in [3.05, 3.63) is 0 Å². The number of hydrogen-bond donors (Lipinski definition) is 5. The van der Waals surface area contributed by atoms with Crippen LogP contribution in [0.15, 0.2) is 0 Å². The SMILES string of the molecule is CC(=O)OC(N)(O)CC(N)(O)C(=O)O. The molecule has 0 aromatic heterocycles. The van der Waals surface area contributed by atoms with E-state index in [0.717, 1.165) is 6.92 Å². The van der Waals surface area contributed by atoms with E-state index < -0.39 is 30.0 Å². The van der Waals surface area contributed by atoms with Crippen molar-refractivity contribution >= 4 is 11.9 Å². The minimum absolute atomic E-state index is 0.934. The number of aliphatic hydroxyl groups is 2. The van der Waals surface area contributed by atoms with Gasteiger partial charge in [0.25, 0.3) is 5.91 Å². The number of carboxylic acid groups (broad SMARTS) is 1. The van der Waals surface area contributed by atoms with Gasteiger partial charge in [-0.1, -0.05) is 0 Å². The van der Waals surface area contributed by atoms with E-state index in [1.807, 2.05) is 0 Å². The lowest BCUT2D eigenvalue weighted by Crippen LogP contribution is -2.58. The summed E-state index contributed by atoms with van der Waals surface area (Å²) in [5.41, 5.74) is 7.03. The van der Waals surface area contributed by atoms with E-state index in [-0.39, 0.29) is 0 Å². The summed E-state index contributed by atoms with van der Waals surface area (Å²) < 4.78 is 4.11. The highest BCUT2D eigenvalue weighted by atomic mass is 16.7. The number of rotatable bonds is 4. The molecule has 0 saturated carbocycles. The molecule has 0 rings (SSSR count). The lowest BCUT2D eigenvalue weighted by atomic mass is 10.1. The maximum absolute atomic E-state index is 10.4. The van der Waals surface area contributed by atoms with Crippen LogP contribution in [0.3, 0.4) is 0 Å². The molecular formula is C6H12N2O6. The molecule has 2 atom stereocenters. The largest absolute Gasteiger partial charge is 0.478 e. The third-order valence-corrected chi connectivity index (χ3v) is 1.21. The zero-order chi connectivity index (χ0) is 11.6. The molecule has 14 heavy (non-hydrogen) atoms. The molecule has 0 spiro atoms.